The number of fused-ring (bicyclic) bond motifs is 1. The third-order valence-electron chi connectivity index (χ3n) is 7.08. The number of pyridine rings is 2. The Labute approximate surface area is 253 Å². The highest BCUT2D eigenvalue weighted by molar-refractivity contribution is 6.33. The van der Waals surface area contributed by atoms with Gasteiger partial charge in [0.05, 0.1) is 42.4 Å². The van der Waals surface area contributed by atoms with Crippen LogP contribution in [-0.4, -0.2) is 75.6 Å². The van der Waals surface area contributed by atoms with Crippen LogP contribution < -0.4 is 20.3 Å². The fourth-order valence-electron chi connectivity index (χ4n) is 4.67. The molecule has 0 fully saturated rings. The Kier molecular flexibility index (Phi) is 8.69. The zero-order chi connectivity index (χ0) is 30.7. The van der Waals surface area contributed by atoms with E-state index in [4.69, 9.17) is 16.3 Å². The normalized spacial score (nSPS) is 13.7. The van der Waals surface area contributed by atoms with E-state index in [2.05, 4.69) is 30.6 Å². The number of benzene rings is 1. The molecule has 0 unspecified atom stereocenters. The van der Waals surface area contributed by atoms with Crippen LogP contribution in [0.4, 0.5) is 17.5 Å². The first kappa shape index (κ1) is 29.7. The molecule has 3 aromatic heterocycles. The summed E-state index contributed by atoms with van der Waals surface area (Å²) in [6, 6.07) is 12.7. The van der Waals surface area contributed by atoms with Crippen molar-refractivity contribution in [1.82, 2.24) is 30.2 Å². The van der Waals surface area contributed by atoms with E-state index in [1.165, 1.54) is 18.2 Å². The maximum absolute atomic E-state index is 13.5. The number of methoxy groups -OCH3 is 1. The first-order valence-electron chi connectivity index (χ1n) is 13.5. The molecule has 1 aliphatic rings. The molecule has 4 aromatic rings. The van der Waals surface area contributed by atoms with Gasteiger partial charge < -0.3 is 30.3 Å². The molecule has 3 N–H and O–H groups in total. The van der Waals surface area contributed by atoms with Crippen LogP contribution >= 0.6 is 11.6 Å². The fraction of sp³-hybridized carbons (Fsp3) is 0.267. The number of rotatable bonds is 10. The van der Waals surface area contributed by atoms with Crippen LogP contribution in [0.25, 0.3) is 11.3 Å². The standard InChI is InChI=1S/C30H31ClN8O4/c1-17(28(41)36-24(16-40)23-6-5-7-25(35-23)38(2)3)39-15-19-9-8-18(12-21(19)29(39)42)27-22(31)14-33-30(37-27)34-20-10-11-32-26(13-20)43-4/h5-14,17,24,40H,15-16H2,1-4H3,(H,36,41)(H,32,33,34,37)/t17-,24-/m1/s1. The highest BCUT2D eigenvalue weighted by atomic mass is 35.5. The van der Waals surface area contributed by atoms with Gasteiger partial charge in [-0.15, -0.1) is 0 Å². The number of carbonyl (C=O) groups excluding carboxylic acids is 2. The molecule has 0 radical (unpaired) electrons. The monoisotopic (exact) mass is 602 g/mol. The van der Waals surface area contributed by atoms with E-state index in [0.717, 1.165) is 5.56 Å². The van der Waals surface area contributed by atoms with Crippen molar-refractivity contribution >= 4 is 40.9 Å². The van der Waals surface area contributed by atoms with Gasteiger partial charge in [0.1, 0.15) is 11.9 Å². The van der Waals surface area contributed by atoms with Crippen molar-refractivity contribution in [1.29, 1.82) is 0 Å². The molecule has 0 saturated heterocycles. The van der Waals surface area contributed by atoms with Crippen molar-refractivity contribution in [2.75, 3.05) is 38.0 Å². The summed E-state index contributed by atoms with van der Waals surface area (Å²) in [5, 5.41) is 16.3. The Morgan fingerprint density at radius 2 is 1.98 bits per heavy atom. The minimum Gasteiger partial charge on any atom is -0.481 e. The third kappa shape index (κ3) is 6.35. The summed E-state index contributed by atoms with van der Waals surface area (Å²) in [6.07, 6.45) is 3.08. The van der Waals surface area contributed by atoms with Crippen molar-refractivity contribution < 1.29 is 19.4 Å². The molecule has 5 rings (SSSR count). The maximum Gasteiger partial charge on any atom is 0.255 e. The summed E-state index contributed by atoms with van der Waals surface area (Å²) in [5.74, 6) is 0.741. The summed E-state index contributed by atoms with van der Waals surface area (Å²) >= 11 is 6.47. The first-order valence-corrected chi connectivity index (χ1v) is 13.9. The lowest BCUT2D eigenvalue weighted by Gasteiger charge is -2.26. The van der Waals surface area contributed by atoms with Gasteiger partial charge in [-0.3, -0.25) is 9.59 Å². The van der Waals surface area contributed by atoms with Crippen molar-refractivity contribution in [2.45, 2.75) is 25.6 Å². The second-order valence-electron chi connectivity index (χ2n) is 10.1. The smallest absolute Gasteiger partial charge is 0.255 e. The molecule has 1 aliphatic heterocycles. The van der Waals surface area contributed by atoms with Crippen molar-refractivity contribution in [3.05, 3.63) is 82.8 Å². The molecule has 1 aromatic carbocycles. The highest BCUT2D eigenvalue weighted by Crippen LogP contribution is 2.33. The molecule has 222 valence electrons. The number of aliphatic hydroxyl groups is 1. The average molecular weight is 603 g/mol. The molecule has 12 nitrogen and oxygen atoms in total. The van der Waals surface area contributed by atoms with E-state index >= 15 is 0 Å². The lowest BCUT2D eigenvalue weighted by molar-refractivity contribution is -0.126. The number of ether oxygens (including phenoxy) is 1. The number of amides is 2. The number of halogens is 1. The van der Waals surface area contributed by atoms with Crippen LogP contribution in [0.3, 0.4) is 0 Å². The predicted octanol–water partition coefficient (Wildman–Crippen LogP) is 3.60. The van der Waals surface area contributed by atoms with Gasteiger partial charge >= 0.3 is 0 Å². The fourth-order valence-corrected chi connectivity index (χ4v) is 4.87. The molecule has 2 amide bonds. The molecule has 0 spiro atoms. The summed E-state index contributed by atoms with van der Waals surface area (Å²) in [7, 11) is 5.25. The topological polar surface area (TPSA) is 146 Å². The highest BCUT2D eigenvalue weighted by Gasteiger charge is 2.35. The van der Waals surface area contributed by atoms with Gasteiger partial charge in [-0.2, -0.15) is 0 Å². The Hall–Kier alpha value is -4.81. The van der Waals surface area contributed by atoms with Gasteiger partial charge in [0, 0.05) is 49.7 Å². The molecule has 0 saturated carbocycles. The minimum atomic E-state index is -0.801. The van der Waals surface area contributed by atoms with E-state index in [9.17, 15) is 14.7 Å². The molecular formula is C30H31ClN8O4. The number of carbonyl (C=O) groups is 2. The lowest BCUT2D eigenvalue weighted by atomic mass is 10.0. The van der Waals surface area contributed by atoms with Gasteiger partial charge in [-0.05, 0) is 36.8 Å². The average Bonchev–Trinajstić information content (AvgIpc) is 3.35. The number of anilines is 3. The van der Waals surface area contributed by atoms with E-state index in [1.54, 1.807) is 37.4 Å². The van der Waals surface area contributed by atoms with Gasteiger partial charge in [0.15, 0.2) is 0 Å². The second-order valence-corrected chi connectivity index (χ2v) is 10.5. The van der Waals surface area contributed by atoms with E-state index in [0.29, 0.717) is 50.9 Å². The number of nitrogens with zero attached hydrogens (tertiary/aromatic N) is 6. The zero-order valence-corrected chi connectivity index (χ0v) is 24.8. The largest absolute Gasteiger partial charge is 0.481 e. The Balaban J connectivity index is 1.32. The molecule has 0 bridgehead atoms. The van der Waals surface area contributed by atoms with Crippen LogP contribution in [-0.2, 0) is 11.3 Å². The molecule has 4 heterocycles. The number of aliphatic hydroxyl groups excluding tert-OH is 1. The number of nitrogens with one attached hydrogen (secondary N) is 2. The first-order chi connectivity index (χ1) is 20.7. The van der Waals surface area contributed by atoms with Gasteiger partial charge in [-0.25, -0.2) is 19.9 Å². The summed E-state index contributed by atoms with van der Waals surface area (Å²) in [5.41, 5.74) is 3.50. The van der Waals surface area contributed by atoms with Crippen LogP contribution in [0.1, 0.15) is 34.6 Å². The van der Waals surface area contributed by atoms with Gasteiger partial charge in [0.25, 0.3) is 5.91 Å². The van der Waals surface area contributed by atoms with Crippen LogP contribution in [0, 0.1) is 0 Å². The van der Waals surface area contributed by atoms with Crippen molar-refractivity contribution in [2.24, 2.45) is 0 Å². The Morgan fingerprint density at radius 1 is 1.16 bits per heavy atom. The van der Waals surface area contributed by atoms with Crippen molar-refractivity contribution in [3.63, 3.8) is 0 Å². The molecule has 43 heavy (non-hydrogen) atoms. The number of aromatic nitrogens is 4. The summed E-state index contributed by atoms with van der Waals surface area (Å²) < 4.78 is 5.16. The number of hydrogen-bond donors (Lipinski definition) is 3. The lowest BCUT2D eigenvalue weighted by Crippen LogP contribution is -2.47. The number of hydrogen-bond acceptors (Lipinski definition) is 10. The molecule has 2 atom stereocenters. The van der Waals surface area contributed by atoms with Crippen LogP contribution in [0.5, 0.6) is 5.88 Å². The van der Waals surface area contributed by atoms with Crippen LogP contribution in [0.15, 0.2) is 60.9 Å². The SMILES string of the molecule is COc1cc(Nc2ncc(Cl)c(-c3ccc4c(c3)C(=O)N([C@H](C)C(=O)N[C@H](CO)c3cccc(N(C)C)n3)C4)n2)ccn1. The maximum atomic E-state index is 13.5. The molecule has 13 heteroatoms. The van der Waals surface area contributed by atoms with Gasteiger partial charge in [0.2, 0.25) is 17.7 Å². The van der Waals surface area contributed by atoms with E-state index in [1.807, 2.05) is 43.3 Å². The Morgan fingerprint density at radius 3 is 2.72 bits per heavy atom. The predicted molar refractivity (Wildman–Crippen MR) is 162 cm³/mol. The third-order valence-corrected chi connectivity index (χ3v) is 7.35. The molecular weight excluding hydrogens is 572 g/mol. The minimum absolute atomic E-state index is 0.259. The summed E-state index contributed by atoms with van der Waals surface area (Å²) in [6.45, 7) is 1.58. The zero-order valence-electron chi connectivity index (χ0n) is 24.1. The summed E-state index contributed by atoms with van der Waals surface area (Å²) in [4.78, 5) is 47.5. The van der Waals surface area contributed by atoms with Crippen molar-refractivity contribution in [3.8, 4) is 17.1 Å². The van der Waals surface area contributed by atoms with Gasteiger partial charge in [-0.1, -0.05) is 29.8 Å². The van der Waals surface area contributed by atoms with E-state index in [-0.39, 0.29) is 19.1 Å². The molecule has 0 aliphatic carbocycles. The van der Waals surface area contributed by atoms with Crippen LogP contribution in [0.2, 0.25) is 5.02 Å². The quantitative estimate of drug-likeness (QED) is 0.246. The second kappa shape index (κ2) is 12.6. The Bertz CT molecular complexity index is 1670. The van der Waals surface area contributed by atoms with E-state index < -0.39 is 18.0 Å².